The molecule has 6 heteroatoms. The number of carbonyl (C=O) groups is 1. The van der Waals surface area contributed by atoms with Crippen molar-refractivity contribution in [1.82, 2.24) is 19.7 Å². The summed E-state index contributed by atoms with van der Waals surface area (Å²) in [6, 6.07) is 0. The molecule has 0 radical (unpaired) electrons. The van der Waals surface area contributed by atoms with E-state index in [4.69, 9.17) is 4.42 Å². The topological polar surface area (TPSA) is 64.2 Å². The number of carbonyl (C=O) groups excluding carboxylic acids is 1. The molecular weight excluding hydrogens is 292 g/mol. The number of oxazole rings is 1. The van der Waals surface area contributed by atoms with E-state index in [9.17, 15) is 4.79 Å². The molecule has 0 atom stereocenters. The lowest BCUT2D eigenvalue weighted by atomic mass is 10.0. The summed E-state index contributed by atoms with van der Waals surface area (Å²) in [6.45, 7) is 10.3. The fraction of sp³-hybridized carbons (Fsp3) is 0.588. The van der Waals surface area contributed by atoms with Crippen molar-refractivity contribution < 1.29 is 9.21 Å². The van der Waals surface area contributed by atoms with E-state index >= 15 is 0 Å². The molecule has 23 heavy (non-hydrogen) atoms. The molecule has 0 N–H and O–H groups in total. The minimum Gasteiger partial charge on any atom is -0.440 e. The molecule has 0 unspecified atom stereocenters. The highest BCUT2D eigenvalue weighted by atomic mass is 16.4. The van der Waals surface area contributed by atoms with E-state index in [1.165, 1.54) is 5.69 Å². The zero-order valence-corrected chi connectivity index (χ0v) is 14.3. The van der Waals surface area contributed by atoms with Crippen LogP contribution in [0.25, 0.3) is 11.6 Å². The third-order valence-electron chi connectivity index (χ3n) is 4.19. The molecule has 0 saturated heterocycles. The Morgan fingerprint density at radius 3 is 2.83 bits per heavy atom. The lowest BCUT2D eigenvalue weighted by Gasteiger charge is -2.28. The monoisotopic (exact) mass is 316 g/mol. The first-order valence-electron chi connectivity index (χ1n) is 8.28. The molecule has 3 rings (SSSR count). The van der Waals surface area contributed by atoms with E-state index in [1.807, 2.05) is 16.5 Å². The van der Waals surface area contributed by atoms with E-state index in [-0.39, 0.29) is 5.91 Å². The number of nitrogens with zero attached hydrogens (tertiary/aromatic N) is 4. The number of fused-ring (bicyclic) bond motifs is 1. The highest BCUT2D eigenvalue weighted by molar-refractivity contribution is 5.77. The van der Waals surface area contributed by atoms with Crippen LogP contribution < -0.4 is 0 Å². The lowest BCUT2D eigenvalue weighted by Crippen LogP contribution is -2.36. The first kappa shape index (κ1) is 15.8. The number of aryl methyl sites for hydroxylation is 2. The van der Waals surface area contributed by atoms with Crippen molar-refractivity contribution in [2.24, 2.45) is 5.92 Å². The van der Waals surface area contributed by atoms with Gasteiger partial charge in [0.1, 0.15) is 5.76 Å². The molecule has 0 fully saturated rings. The van der Waals surface area contributed by atoms with Crippen molar-refractivity contribution in [3.05, 3.63) is 23.2 Å². The van der Waals surface area contributed by atoms with E-state index < -0.39 is 0 Å². The zero-order chi connectivity index (χ0) is 16.6. The van der Waals surface area contributed by atoms with Gasteiger partial charge in [-0.05, 0) is 19.8 Å². The van der Waals surface area contributed by atoms with Gasteiger partial charge in [-0.2, -0.15) is 5.10 Å². The van der Waals surface area contributed by atoms with Crippen molar-refractivity contribution in [2.75, 3.05) is 6.54 Å². The number of amides is 1. The van der Waals surface area contributed by atoms with Gasteiger partial charge in [0.15, 0.2) is 5.69 Å². The maximum atomic E-state index is 12.4. The second kappa shape index (κ2) is 6.18. The minimum atomic E-state index is 0.212. The fourth-order valence-corrected chi connectivity index (χ4v) is 3.08. The van der Waals surface area contributed by atoms with Gasteiger partial charge in [0.05, 0.1) is 6.20 Å². The molecule has 1 aliphatic rings. The summed E-state index contributed by atoms with van der Waals surface area (Å²) in [5, 5.41) is 4.67. The van der Waals surface area contributed by atoms with Gasteiger partial charge in [-0.3, -0.25) is 9.48 Å². The second-order valence-electron chi connectivity index (χ2n) is 6.53. The summed E-state index contributed by atoms with van der Waals surface area (Å²) in [7, 11) is 0. The van der Waals surface area contributed by atoms with Gasteiger partial charge in [0.25, 0.3) is 0 Å². The Labute approximate surface area is 136 Å². The SMILES string of the molecule is CCn1nc(-c2ncc(C)o2)c2c1CCN(C(=O)CC(C)C)C2. The number of rotatable bonds is 4. The molecule has 0 aromatic carbocycles. The fourth-order valence-electron chi connectivity index (χ4n) is 3.08. The standard InChI is InChI=1S/C17H24N4O2/c1-5-21-14-6-7-20(15(22)8-11(2)3)10-13(14)16(19-21)17-18-9-12(4)23-17/h9,11H,5-8,10H2,1-4H3. The molecule has 0 saturated carbocycles. The summed E-state index contributed by atoms with van der Waals surface area (Å²) in [6.07, 6.45) is 3.13. The maximum absolute atomic E-state index is 12.4. The van der Waals surface area contributed by atoms with Crippen LogP contribution in [0.5, 0.6) is 0 Å². The van der Waals surface area contributed by atoms with Gasteiger partial charge in [-0.25, -0.2) is 4.98 Å². The highest BCUT2D eigenvalue weighted by Gasteiger charge is 2.29. The van der Waals surface area contributed by atoms with Crippen LogP contribution in [0.15, 0.2) is 10.6 Å². The summed E-state index contributed by atoms with van der Waals surface area (Å²) < 4.78 is 7.67. The highest BCUT2D eigenvalue weighted by Crippen LogP contribution is 2.30. The Morgan fingerprint density at radius 2 is 2.22 bits per heavy atom. The minimum absolute atomic E-state index is 0.212. The van der Waals surface area contributed by atoms with E-state index in [1.54, 1.807) is 6.20 Å². The molecule has 0 spiro atoms. The Kier molecular flexibility index (Phi) is 4.24. The average Bonchev–Trinajstić information content (AvgIpc) is 3.09. The van der Waals surface area contributed by atoms with Gasteiger partial charge in [-0.1, -0.05) is 13.8 Å². The van der Waals surface area contributed by atoms with Crippen molar-refractivity contribution in [1.29, 1.82) is 0 Å². The third-order valence-corrected chi connectivity index (χ3v) is 4.19. The molecule has 6 nitrogen and oxygen atoms in total. The normalized spacial score (nSPS) is 14.4. The second-order valence-corrected chi connectivity index (χ2v) is 6.53. The van der Waals surface area contributed by atoms with Gasteiger partial charge in [0, 0.05) is 43.7 Å². The Bertz CT molecular complexity index is 714. The van der Waals surface area contributed by atoms with Crippen LogP contribution in [0.2, 0.25) is 0 Å². The molecule has 0 aliphatic carbocycles. The molecule has 2 aromatic rings. The van der Waals surface area contributed by atoms with Crippen LogP contribution in [-0.4, -0.2) is 32.1 Å². The van der Waals surface area contributed by atoms with Crippen LogP contribution in [0.4, 0.5) is 0 Å². The number of aromatic nitrogens is 3. The van der Waals surface area contributed by atoms with Gasteiger partial charge < -0.3 is 9.32 Å². The Morgan fingerprint density at radius 1 is 1.43 bits per heavy atom. The van der Waals surface area contributed by atoms with Gasteiger partial charge in [-0.15, -0.1) is 0 Å². The quantitative estimate of drug-likeness (QED) is 0.870. The van der Waals surface area contributed by atoms with E-state index in [0.29, 0.717) is 24.8 Å². The Balaban J connectivity index is 1.94. The van der Waals surface area contributed by atoms with Crippen LogP contribution in [0.3, 0.4) is 0 Å². The smallest absolute Gasteiger partial charge is 0.247 e. The zero-order valence-electron chi connectivity index (χ0n) is 14.3. The van der Waals surface area contributed by atoms with Crippen molar-refractivity contribution in [2.45, 2.75) is 53.6 Å². The van der Waals surface area contributed by atoms with Crippen molar-refractivity contribution >= 4 is 5.91 Å². The predicted octanol–water partition coefficient (Wildman–Crippen LogP) is 2.80. The molecule has 1 aliphatic heterocycles. The Hall–Kier alpha value is -2.11. The van der Waals surface area contributed by atoms with E-state index in [0.717, 1.165) is 36.5 Å². The summed E-state index contributed by atoms with van der Waals surface area (Å²) >= 11 is 0. The van der Waals surface area contributed by atoms with Crippen molar-refractivity contribution in [3.63, 3.8) is 0 Å². The summed E-state index contributed by atoms with van der Waals surface area (Å²) in [5.41, 5.74) is 3.06. The number of hydrogen-bond acceptors (Lipinski definition) is 4. The van der Waals surface area contributed by atoms with Crippen LogP contribution in [-0.2, 0) is 24.3 Å². The van der Waals surface area contributed by atoms with Crippen LogP contribution in [0, 0.1) is 12.8 Å². The summed E-state index contributed by atoms with van der Waals surface area (Å²) in [5.74, 6) is 1.90. The largest absolute Gasteiger partial charge is 0.440 e. The molecular formula is C17H24N4O2. The molecule has 2 aromatic heterocycles. The van der Waals surface area contributed by atoms with Crippen LogP contribution >= 0.6 is 0 Å². The van der Waals surface area contributed by atoms with Crippen molar-refractivity contribution in [3.8, 4) is 11.6 Å². The first-order valence-corrected chi connectivity index (χ1v) is 8.28. The molecule has 3 heterocycles. The molecule has 124 valence electrons. The van der Waals surface area contributed by atoms with Gasteiger partial charge >= 0.3 is 0 Å². The predicted molar refractivity (Wildman–Crippen MR) is 86.7 cm³/mol. The number of hydrogen-bond donors (Lipinski definition) is 0. The molecule has 1 amide bonds. The molecule has 0 bridgehead atoms. The summed E-state index contributed by atoms with van der Waals surface area (Å²) in [4.78, 5) is 18.7. The first-order chi connectivity index (χ1) is 11.0. The van der Waals surface area contributed by atoms with Gasteiger partial charge in [0.2, 0.25) is 11.8 Å². The average molecular weight is 316 g/mol. The van der Waals surface area contributed by atoms with Crippen LogP contribution in [0.1, 0.15) is 44.2 Å². The van der Waals surface area contributed by atoms with E-state index in [2.05, 4.69) is 30.9 Å². The lowest BCUT2D eigenvalue weighted by molar-refractivity contribution is -0.132. The third kappa shape index (κ3) is 3.02. The maximum Gasteiger partial charge on any atom is 0.247 e.